The second-order valence-corrected chi connectivity index (χ2v) is 4.56. The summed E-state index contributed by atoms with van der Waals surface area (Å²) < 4.78 is 0. The highest BCUT2D eigenvalue weighted by atomic mass is 35.5. The van der Waals surface area contributed by atoms with Gasteiger partial charge in [-0.2, -0.15) is 0 Å². The van der Waals surface area contributed by atoms with E-state index >= 15 is 0 Å². The first kappa shape index (κ1) is 22.5. The lowest BCUT2D eigenvalue weighted by atomic mass is 10.1. The highest BCUT2D eigenvalue weighted by Crippen LogP contribution is 2.04. The Morgan fingerprint density at radius 3 is 2.19 bits per heavy atom. The molecule has 0 spiro atoms. The third-order valence-corrected chi connectivity index (χ3v) is 3.25. The number of nitrogens with one attached hydrogen (secondary N) is 1. The van der Waals surface area contributed by atoms with E-state index in [0.717, 1.165) is 44.7 Å². The molecule has 0 fully saturated rings. The minimum absolute atomic E-state index is 0. The molecule has 21 heavy (non-hydrogen) atoms. The molecular formula is C15H26Cl2N2O2. The third kappa shape index (κ3) is 8.94. The second-order valence-electron chi connectivity index (χ2n) is 4.56. The van der Waals surface area contributed by atoms with E-state index in [0.29, 0.717) is 5.56 Å². The van der Waals surface area contributed by atoms with Gasteiger partial charge in [0.1, 0.15) is 0 Å². The Bertz CT molecular complexity index is 382. The molecule has 0 aliphatic rings. The maximum Gasteiger partial charge on any atom is 0.335 e. The summed E-state index contributed by atoms with van der Waals surface area (Å²) >= 11 is 0. The van der Waals surface area contributed by atoms with E-state index in [1.807, 2.05) is 12.1 Å². The van der Waals surface area contributed by atoms with E-state index in [1.165, 1.54) is 0 Å². The fraction of sp³-hybridized carbons (Fsp3) is 0.533. The van der Waals surface area contributed by atoms with Crippen molar-refractivity contribution in [3.63, 3.8) is 0 Å². The summed E-state index contributed by atoms with van der Waals surface area (Å²) in [5, 5.41) is 12.2. The highest BCUT2D eigenvalue weighted by Gasteiger charge is 2.01. The smallest absolute Gasteiger partial charge is 0.335 e. The number of halogens is 2. The van der Waals surface area contributed by atoms with Crippen molar-refractivity contribution in [3.05, 3.63) is 35.4 Å². The summed E-state index contributed by atoms with van der Waals surface area (Å²) in [6.07, 6.45) is 1.13. The van der Waals surface area contributed by atoms with Crippen molar-refractivity contribution in [2.24, 2.45) is 0 Å². The lowest BCUT2D eigenvalue weighted by molar-refractivity contribution is 0.0697. The Morgan fingerprint density at radius 2 is 1.71 bits per heavy atom. The second kappa shape index (κ2) is 12.9. The predicted octanol–water partition coefficient (Wildman–Crippen LogP) is 3.05. The number of carbonyl (C=O) groups is 1. The van der Waals surface area contributed by atoms with Gasteiger partial charge in [0.15, 0.2) is 0 Å². The number of hydrogen-bond donors (Lipinski definition) is 2. The summed E-state index contributed by atoms with van der Waals surface area (Å²) in [6, 6.07) is 7.02. The molecule has 0 aliphatic heterocycles. The van der Waals surface area contributed by atoms with Crippen LogP contribution in [0.3, 0.4) is 0 Å². The molecule has 1 aromatic rings. The van der Waals surface area contributed by atoms with Gasteiger partial charge in [-0.15, -0.1) is 24.8 Å². The highest BCUT2D eigenvalue weighted by molar-refractivity contribution is 5.87. The van der Waals surface area contributed by atoms with Crippen molar-refractivity contribution < 1.29 is 9.90 Å². The molecule has 0 radical (unpaired) electrons. The van der Waals surface area contributed by atoms with Crippen LogP contribution >= 0.6 is 24.8 Å². The number of carboxylic acid groups (broad SMARTS) is 1. The molecule has 0 aliphatic carbocycles. The minimum Gasteiger partial charge on any atom is -0.478 e. The maximum absolute atomic E-state index is 10.7. The summed E-state index contributed by atoms with van der Waals surface area (Å²) in [5.74, 6) is -0.876. The number of aromatic carboxylic acids is 1. The van der Waals surface area contributed by atoms with Crippen molar-refractivity contribution in [3.8, 4) is 0 Å². The molecule has 6 heteroatoms. The molecular weight excluding hydrogens is 311 g/mol. The van der Waals surface area contributed by atoms with E-state index in [1.54, 1.807) is 12.1 Å². The molecule has 0 atom stereocenters. The molecule has 4 nitrogen and oxygen atoms in total. The molecule has 0 saturated carbocycles. The van der Waals surface area contributed by atoms with E-state index in [-0.39, 0.29) is 24.8 Å². The van der Waals surface area contributed by atoms with E-state index in [4.69, 9.17) is 5.11 Å². The summed E-state index contributed by atoms with van der Waals surface area (Å²) in [6.45, 7) is 9.47. The lowest BCUT2D eigenvalue weighted by Crippen LogP contribution is -2.27. The van der Waals surface area contributed by atoms with Gasteiger partial charge in [0.05, 0.1) is 5.56 Å². The average Bonchev–Trinajstić information content (AvgIpc) is 2.43. The van der Waals surface area contributed by atoms with Crippen molar-refractivity contribution in [2.45, 2.75) is 26.8 Å². The standard InChI is InChI=1S/C15H24N2O2.2ClH/c1-3-17(4-2)11-5-10-16-12-13-6-8-14(9-7-13)15(18)19;;/h6-9,16H,3-5,10-12H2,1-2H3,(H,18,19);2*1H. The van der Waals surface area contributed by atoms with Gasteiger partial charge in [0, 0.05) is 6.54 Å². The monoisotopic (exact) mass is 336 g/mol. The number of nitrogens with zero attached hydrogens (tertiary/aromatic N) is 1. The van der Waals surface area contributed by atoms with E-state index < -0.39 is 5.97 Å². The Morgan fingerprint density at radius 1 is 1.14 bits per heavy atom. The molecule has 0 bridgehead atoms. The molecule has 2 N–H and O–H groups in total. The third-order valence-electron chi connectivity index (χ3n) is 3.25. The summed E-state index contributed by atoms with van der Waals surface area (Å²) in [4.78, 5) is 13.1. The number of hydrogen-bond acceptors (Lipinski definition) is 3. The number of rotatable bonds is 9. The molecule has 122 valence electrons. The van der Waals surface area contributed by atoms with Crippen molar-refractivity contribution in [1.29, 1.82) is 0 Å². The van der Waals surface area contributed by atoms with Crippen LogP contribution in [-0.2, 0) is 6.54 Å². The first-order chi connectivity index (χ1) is 9.17. The molecule has 0 saturated heterocycles. The maximum atomic E-state index is 10.7. The van der Waals surface area contributed by atoms with Gasteiger partial charge >= 0.3 is 5.97 Å². The first-order valence-corrected chi connectivity index (χ1v) is 6.92. The lowest BCUT2D eigenvalue weighted by Gasteiger charge is -2.17. The first-order valence-electron chi connectivity index (χ1n) is 6.92. The van der Waals surface area contributed by atoms with Crippen LogP contribution in [0.5, 0.6) is 0 Å². The van der Waals surface area contributed by atoms with E-state index in [2.05, 4.69) is 24.1 Å². The van der Waals surface area contributed by atoms with Crippen molar-refractivity contribution in [1.82, 2.24) is 10.2 Å². The fourth-order valence-electron chi connectivity index (χ4n) is 1.97. The van der Waals surface area contributed by atoms with Crippen LogP contribution in [0.25, 0.3) is 0 Å². The van der Waals surface area contributed by atoms with Crippen LogP contribution < -0.4 is 5.32 Å². The molecule has 1 aromatic carbocycles. The summed E-state index contributed by atoms with van der Waals surface area (Å²) in [7, 11) is 0. The zero-order valence-corrected chi connectivity index (χ0v) is 14.3. The minimum atomic E-state index is -0.876. The topological polar surface area (TPSA) is 52.6 Å². The van der Waals surface area contributed by atoms with E-state index in [9.17, 15) is 4.79 Å². The van der Waals surface area contributed by atoms with Gasteiger partial charge < -0.3 is 15.3 Å². The normalized spacial score (nSPS) is 9.86. The van der Waals surface area contributed by atoms with Crippen molar-refractivity contribution in [2.75, 3.05) is 26.2 Å². The SMILES string of the molecule is CCN(CC)CCCNCc1ccc(C(=O)O)cc1.Cl.Cl. The van der Waals surface area contributed by atoms with Crippen LogP contribution in [0.1, 0.15) is 36.2 Å². The van der Waals surface area contributed by atoms with Gasteiger partial charge in [-0.1, -0.05) is 26.0 Å². The van der Waals surface area contributed by atoms with Crippen LogP contribution in [0, 0.1) is 0 Å². The van der Waals surface area contributed by atoms with Crippen LogP contribution in [-0.4, -0.2) is 42.2 Å². The molecule has 0 amide bonds. The van der Waals surface area contributed by atoms with Crippen LogP contribution in [0.15, 0.2) is 24.3 Å². The Kier molecular flexibility index (Phi) is 13.8. The zero-order chi connectivity index (χ0) is 14.1. The Hall–Kier alpha value is -0.810. The largest absolute Gasteiger partial charge is 0.478 e. The predicted molar refractivity (Wildman–Crippen MR) is 92.0 cm³/mol. The van der Waals surface area contributed by atoms with Crippen molar-refractivity contribution >= 4 is 30.8 Å². The van der Waals surface area contributed by atoms with Crippen LogP contribution in [0.4, 0.5) is 0 Å². The van der Waals surface area contributed by atoms with Gasteiger partial charge in [-0.05, 0) is 50.3 Å². The van der Waals surface area contributed by atoms with Gasteiger partial charge in [0.25, 0.3) is 0 Å². The molecule has 0 heterocycles. The van der Waals surface area contributed by atoms with Gasteiger partial charge in [0.2, 0.25) is 0 Å². The fourth-order valence-corrected chi connectivity index (χ4v) is 1.97. The van der Waals surface area contributed by atoms with Gasteiger partial charge in [-0.3, -0.25) is 0 Å². The number of benzene rings is 1. The van der Waals surface area contributed by atoms with Crippen LogP contribution in [0.2, 0.25) is 0 Å². The summed E-state index contributed by atoms with van der Waals surface area (Å²) in [5.41, 5.74) is 1.46. The Labute approximate surface area is 139 Å². The quantitative estimate of drug-likeness (QED) is 0.680. The molecule has 1 rings (SSSR count). The zero-order valence-electron chi connectivity index (χ0n) is 12.7. The molecule has 0 aromatic heterocycles. The molecule has 0 unspecified atom stereocenters. The number of carboxylic acids is 1. The average molecular weight is 337 g/mol. The van der Waals surface area contributed by atoms with Gasteiger partial charge in [-0.25, -0.2) is 4.79 Å². The Balaban J connectivity index is 0.